The van der Waals surface area contributed by atoms with Gasteiger partial charge in [-0.2, -0.15) is 0 Å². The van der Waals surface area contributed by atoms with E-state index in [0.717, 1.165) is 12.8 Å². The van der Waals surface area contributed by atoms with Crippen molar-refractivity contribution in [3.63, 3.8) is 0 Å². The van der Waals surface area contributed by atoms with Gasteiger partial charge in [0.2, 0.25) is 0 Å². The first-order valence-corrected chi connectivity index (χ1v) is 5.43. The molecule has 0 aliphatic heterocycles. The van der Waals surface area contributed by atoms with Crippen molar-refractivity contribution in [2.45, 2.75) is 45.6 Å². The van der Waals surface area contributed by atoms with E-state index in [-0.39, 0.29) is 16.9 Å². The maximum atomic E-state index is 10.3. The summed E-state index contributed by atoms with van der Waals surface area (Å²) in [4.78, 5) is 0. The molecule has 0 saturated heterocycles. The Labute approximate surface area is 80.5 Å². The molecule has 2 nitrogen and oxygen atoms in total. The molecule has 0 amide bonds. The second-order valence-corrected chi connectivity index (χ2v) is 5.43. The largest absolute Gasteiger partial charge is 0.392 e. The molecule has 2 fully saturated rings. The van der Waals surface area contributed by atoms with Gasteiger partial charge in [0.1, 0.15) is 0 Å². The Balaban J connectivity index is 2.07. The average molecular weight is 183 g/mol. The van der Waals surface area contributed by atoms with Crippen molar-refractivity contribution < 1.29 is 5.11 Å². The van der Waals surface area contributed by atoms with Crippen LogP contribution in [0.25, 0.3) is 0 Å². The number of hydrogen-bond donors (Lipinski definition) is 2. The van der Waals surface area contributed by atoms with Crippen LogP contribution in [-0.2, 0) is 0 Å². The second-order valence-electron chi connectivity index (χ2n) is 5.43. The van der Waals surface area contributed by atoms with Crippen LogP contribution in [0.15, 0.2) is 0 Å². The van der Waals surface area contributed by atoms with Crippen LogP contribution in [0.5, 0.6) is 0 Å². The third-order valence-electron chi connectivity index (χ3n) is 4.67. The van der Waals surface area contributed by atoms with E-state index in [9.17, 15) is 5.11 Å². The maximum Gasteiger partial charge on any atom is 0.0664 e. The van der Waals surface area contributed by atoms with Crippen LogP contribution in [0.2, 0.25) is 0 Å². The molecule has 0 aromatic rings. The van der Waals surface area contributed by atoms with E-state index in [0.29, 0.717) is 12.5 Å². The van der Waals surface area contributed by atoms with Crippen molar-refractivity contribution in [3.05, 3.63) is 0 Å². The van der Waals surface area contributed by atoms with Crippen molar-refractivity contribution in [2.24, 2.45) is 22.5 Å². The van der Waals surface area contributed by atoms with E-state index < -0.39 is 0 Å². The highest BCUT2D eigenvalue weighted by atomic mass is 16.3. The molecular formula is C11H21NO. The van der Waals surface area contributed by atoms with Crippen molar-refractivity contribution in [1.29, 1.82) is 0 Å². The van der Waals surface area contributed by atoms with Gasteiger partial charge in [-0.3, -0.25) is 0 Å². The van der Waals surface area contributed by atoms with Crippen LogP contribution >= 0.6 is 0 Å². The van der Waals surface area contributed by atoms with E-state index >= 15 is 0 Å². The molecule has 76 valence electrons. The first kappa shape index (κ1) is 9.47. The van der Waals surface area contributed by atoms with Crippen molar-refractivity contribution >= 4 is 0 Å². The molecule has 0 spiro atoms. The van der Waals surface area contributed by atoms with Crippen LogP contribution in [-0.4, -0.2) is 17.8 Å². The molecule has 0 bridgehead atoms. The lowest BCUT2D eigenvalue weighted by Crippen LogP contribution is -2.50. The minimum Gasteiger partial charge on any atom is -0.392 e. The van der Waals surface area contributed by atoms with Gasteiger partial charge in [0, 0.05) is 12.0 Å². The van der Waals surface area contributed by atoms with Gasteiger partial charge >= 0.3 is 0 Å². The summed E-state index contributed by atoms with van der Waals surface area (Å²) in [6.07, 6.45) is 4.53. The first-order chi connectivity index (χ1) is 6.05. The molecule has 2 saturated carbocycles. The number of aliphatic hydroxyl groups is 1. The Morgan fingerprint density at radius 2 is 2.08 bits per heavy atom. The summed E-state index contributed by atoms with van der Waals surface area (Å²) in [5.41, 5.74) is 6.04. The Morgan fingerprint density at radius 3 is 2.31 bits per heavy atom. The summed E-state index contributed by atoms with van der Waals surface area (Å²) in [5, 5.41) is 10.3. The number of hydrogen-bond acceptors (Lipinski definition) is 2. The molecule has 3 N–H and O–H groups in total. The Bertz CT molecular complexity index is 207. The van der Waals surface area contributed by atoms with Crippen LogP contribution in [0, 0.1) is 16.7 Å². The number of rotatable bonds is 3. The summed E-state index contributed by atoms with van der Waals surface area (Å²) < 4.78 is 0. The monoisotopic (exact) mass is 183 g/mol. The second kappa shape index (κ2) is 2.71. The van der Waals surface area contributed by atoms with Gasteiger partial charge in [0.25, 0.3) is 0 Å². The lowest BCUT2D eigenvalue weighted by Gasteiger charge is -2.47. The van der Waals surface area contributed by atoms with Gasteiger partial charge in [-0.25, -0.2) is 0 Å². The van der Waals surface area contributed by atoms with Gasteiger partial charge in [-0.1, -0.05) is 20.3 Å². The zero-order valence-electron chi connectivity index (χ0n) is 8.71. The zero-order chi connectivity index (χ0) is 9.69. The number of nitrogens with two attached hydrogens (primary N) is 1. The molecule has 2 heteroatoms. The fourth-order valence-electron chi connectivity index (χ4n) is 2.90. The molecule has 0 aromatic heterocycles. The molecule has 3 unspecified atom stereocenters. The zero-order valence-corrected chi connectivity index (χ0v) is 8.71. The van der Waals surface area contributed by atoms with E-state index in [1.807, 2.05) is 0 Å². The predicted molar refractivity (Wildman–Crippen MR) is 53.2 cm³/mol. The van der Waals surface area contributed by atoms with Crippen molar-refractivity contribution in [3.8, 4) is 0 Å². The van der Waals surface area contributed by atoms with Gasteiger partial charge in [0.05, 0.1) is 6.10 Å². The topological polar surface area (TPSA) is 46.2 Å². The maximum absolute atomic E-state index is 10.3. The molecule has 2 aliphatic rings. The van der Waals surface area contributed by atoms with Crippen LogP contribution in [0.4, 0.5) is 0 Å². The van der Waals surface area contributed by atoms with Crippen LogP contribution < -0.4 is 5.73 Å². The molecule has 0 aromatic carbocycles. The number of aliphatic hydroxyl groups excluding tert-OH is 1. The Kier molecular flexibility index (Phi) is 1.97. The first-order valence-electron chi connectivity index (χ1n) is 5.43. The highest BCUT2D eigenvalue weighted by Gasteiger charge is 2.59. The Hall–Kier alpha value is -0.0800. The molecule has 0 radical (unpaired) electrons. The van der Waals surface area contributed by atoms with E-state index in [4.69, 9.17) is 5.73 Å². The standard InChI is InChI=1S/C11H21NO/c1-8-6-10(8,2)9(13)11(7-12)4-3-5-11/h8-9,13H,3-7,12H2,1-2H3. The van der Waals surface area contributed by atoms with E-state index in [1.54, 1.807) is 0 Å². The quantitative estimate of drug-likeness (QED) is 0.697. The fourth-order valence-corrected chi connectivity index (χ4v) is 2.90. The van der Waals surface area contributed by atoms with E-state index in [1.165, 1.54) is 12.8 Å². The minimum absolute atomic E-state index is 0.0828. The lowest BCUT2D eigenvalue weighted by molar-refractivity contribution is -0.0708. The molecule has 2 aliphatic carbocycles. The molecule has 3 atom stereocenters. The molecule has 13 heavy (non-hydrogen) atoms. The predicted octanol–water partition coefficient (Wildman–Crippen LogP) is 1.52. The summed E-state index contributed by atoms with van der Waals surface area (Å²) in [7, 11) is 0. The third-order valence-corrected chi connectivity index (χ3v) is 4.67. The summed E-state index contributed by atoms with van der Waals surface area (Å²) in [6, 6.07) is 0. The summed E-state index contributed by atoms with van der Waals surface area (Å²) >= 11 is 0. The van der Waals surface area contributed by atoms with Crippen LogP contribution in [0.1, 0.15) is 39.5 Å². The van der Waals surface area contributed by atoms with Gasteiger partial charge in [-0.15, -0.1) is 0 Å². The summed E-state index contributed by atoms with van der Waals surface area (Å²) in [6.45, 7) is 5.10. The molecule has 2 rings (SSSR count). The SMILES string of the molecule is CC1CC1(C)C(O)C1(CN)CCC1. The van der Waals surface area contributed by atoms with Gasteiger partial charge < -0.3 is 10.8 Å². The fraction of sp³-hybridized carbons (Fsp3) is 1.00. The molecule has 0 heterocycles. The van der Waals surface area contributed by atoms with Crippen LogP contribution in [0.3, 0.4) is 0 Å². The van der Waals surface area contributed by atoms with Crippen molar-refractivity contribution in [2.75, 3.05) is 6.54 Å². The van der Waals surface area contributed by atoms with Crippen molar-refractivity contribution in [1.82, 2.24) is 0 Å². The lowest BCUT2D eigenvalue weighted by atomic mass is 9.61. The van der Waals surface area contributed by atoms with E-state index in [2.05, 4.69) is 13.8 Å². The van der Waals surface area contributed by atoms with Gasteiger partial charge in [0.15, 0.2) is 0 Å². The highest BCUT2D eigenvalue weighted by molar-refractivity contribution is 5.09. The Morgan fingerprint density at radius 1 is 1.54 bits per heavy atom. The smallest absolute Gasteiger partial charge is 0.0664 e. The molecular weight excluding hydrogens is 162 g/mol. The third kappa shape index (κ3) is 1.15. The summed E-state index contributed by atoms with van der Waals surface area (Å²) in [5.74, 6) is 0.687. The minimum atomic E-state index is -0.159. The van der Waals surface area contributed by atoms with Gasteiger partial charge in [-0.05, 0) is 30.6 Å². The normalized spacial score (nSPS) is 43.8. The average Bonchev–Trinajstić information content (AvgIpc) is 2.60. The highest BCUT2D eigenvalue weighted by Crippen LogP contribution is 2.61.